The van der Waals surface area contributed by atoms with E-state index < -0.39 is 0 Å². The van der Waals surface area contributed by atoms with E-state index in [1.807, 2.05) is 6.92 Å². The fourth-order valence-electron chi connectivity index (χ4n) is 1.63. The first-order valence-corrected chi connectivity index (χ1v) is 6.88. The van der Waals surface area contributed by atoms with E-state index in [2.05, 4.69) is 10.6 Å². The summed E-state index contributed by atoms with van der Waals surface area (Å²) in [6.07, 6.45) is 0. The van der Waals surface area contributed by atoms with E-state index >= 15 is 0 Å². The van der Waals surface area contributed by atoms with E-state index in [4.69, 9.17) is 34.8 Å². The van der Waals surface area contributed by atoms with Crippen molar-refractivity contribution in [2.75, 3.05) is 10.6 Å². The van der Waals surface area contributed by atoms with Gasteiger partial charge in [0.05, 0.1) is 10.0 Å². The van der Waals surface area contributed by atoms with Gasteiger partial charge >= 0.3 is 6.03 Å². The maximum Gasteiger partial charge on any atom is 0.323 e. The van der Waals surface area contributed by atoms with Gasteiger partial charge in [0, 0.05) is 16.4 Å². The van der Waals surface area contributed by atoms with E-state index in [1.54, 1.807) is 36.4 Å². The maximum atomic E-state index is 11.9. The van der Waals surface area contributed by atoms with Gasteiger partial charge in [-0.25, -0.2) is 4.79 Å². The second-order valence-corrected chi connectivity index (χ2v) is 5.42. The second kappa shape index (κ2) is 6.35. The number of hydrogen-bond donors (Lipinski definition) is 2. The van der Waals surface area contributed by atoms with Crippen LogP contribution in [0.1, 0.15) is 5.56 Å². The van der Waals surface area contributed by atoms with Gasteiger partial charge in [0.15, 0.2) is 0 Å². The number of carbonyl (C=O) groups is 1. The predicted molar refractivity (Wildman–Crippen MR) is 85.3 cm³/mol. The van der Waals surface area contributed by atoms with Crippen LogP contribution >= 0.6 is 34.8 Å². The molecule has 104 valence electrons. The van der Waals surface area contributed by atoms with E-state index in [9.17, 15) is 4.79 Å². The topological polar surface area (TPSA) is 41.1 Å². The minimum Gasteiger partial charge on any atom is -0.308 e. The Morgan fingerprint density at radius 3 is 2.35 bits per heavy atom. The zero-order valence-corrected chi connectivity index (χ0v) is 12.8. The van der Waals surface area contributed by atoms with Gasteiger partial charge in [0.2, 0.25) is 0 Å². The molecule has 0 aliphatic heterocycles. The summed E-state index contributed by atoms with van der Waals surface area (Å²) >= 11 is 17.6. The lowest BCUT2D eigenvalue weighted by Gasteiger charge is -2.10. The fraction of sp³-hybridized carbons (Fsp3) is 0.0714. The highest BCUT2D eigenvalue weighted by Crippen LogP contribution is 2.25. The predicted octanol–water partition coefficient (Wildman–Crippen LogP) is 5.60. The highest BCUT2D eigenvalue weighted by atomic mass is 35.5. The van der Waals surface area contributed by atoms with Crippen molar-refractivity contribution in [2.24, 2.45) is 0 Å². The molecule has 0 atom stereocenters. The van der Waals surface area contributed by atoms with Gasteiger partial charge in [0.1, 0.15) is 0 Å². The molecule has 0 saturated heterocycles. The number of benzene rings is 2. The van der Waals surface area contributed by atoms with Crippen LogP contribution in [0.3, 0.4) is 0 Å². The summed E-state index contributed by atoms with van der Waals surface area (Å²) in [5.41, 5.74) is 2.12. The van der Waals surface area contributed by atoms with Gasteiger partial charge in [-0.3, -0.25) is 0 Å². The fourth-order valence-corrected chi connectivity index (χ4v) is 2.15. The molecule has 2 aromatic carbocycles. The Kier molecular flexibility index (Phi) is 4.76. The second-order valence-electron chi connectivity index (χ2n) is 4.17. The molecule has 2 N–H and O–H groups in total. The lowest BCUT2D eigenvalue weighted by Crippen LogP contribution is -2.19. The van der Waals surface area contributed by atoms with E-state index in [0.29, 0.717) is 26.4 Å². The van der Waals surface area contributed by atoms with Gasteiger partial charge in [0.25, 0.3) is 0 Å². The van der Waals surface area contributed by atoms with Crippen LogP contribution in [-0.4, -0.2) is 6.03 Å². The molecule has 0 fully saturated rings. The third-order valence-corrected chi connectivity index (χ3v) is 3.59. The Hall–Kier alpha value is -1.42. The molecule has 0 bridgehead atoms. The van der Waals surface area contributed by atoms with Crippen molar-refractivity contribution in [3.8, 4) is 0 Å². The van der Waals surface area contributed by atoms with Crippen LogP contribution in [-0.2, 0) is 0 Å². The van der Waals surface area contributed by atoms with Crippen molar-refractivity contribution in [1.29, 1.82) is 0 Å². The summed E-state index contributed by atoms with van der Waals surface area (Å²) in [4.78, 5) is 11.9. The molecule has 0 aromatic heterocycles. The maximum absolute atomic E-state index is 11.9. The Balaban J connectivity index is 2.07. The highest BCUT2D eigenvalue weighted by Gasteiger charge is 2.06. The van der Waals surface area contributed by atoms with Crippen molar-refractivity contribution in [3.05, 3.63) is 57.0 Å². The Labute approximate surface area is 131 Å². The Morgan fingerprint density at radius 1 is 0.950 bits per heavy atom. The first-order valence-electron chi connectivity index (χ1n) is 5.75. The average molecular weight is 330 g/mol. The van der Waals surface area contributed by atoms with Crippen LogP contribution in [0.5, 0.6) is 0 Å². The summed E-state index contributed by atoms with van der Waals surface area (Å²) in [5.74, 6) is 0. The number of anilines is 2. The van der Waals surface area contributed by atoms with Crippen molar-refractivity contribution in [3.63, 3.8) is 0 Å². The van der Waals surface area contributed by atoms with Crippen molar-refractivity contribution >= 4 is 52.2 Å². The zero-order chi connectivity index (χ0) is 14.7. The van der Waals surface area contributed by atoms with Gasteiger partial charge in [-0.05, 0) is 48.9 Å². The number of urea groups is 1. The molecular formula is C14H11Cl3N2O. The molecule has 2 amide bonds. The molecule has 0 saturated carbocycles. The third kappa shape index (κ3) is 3.79. The number of carbonyl (C=O) groups excluding carboxylic acids is 1. The van der Waals surface area contributed by atoms with Gasteiger partial charge < -0.3 is 10.6 Å². The van der Waals surface area contributed by atoms with Crippen molar-refractivity contribution < 1.29 is 4.79 Å². The molecule has 3 nitrogen and oxygen atoms in total. The molecule has 2 rings (SSSR count). The number of hydrogen-bond acceptors (Lipinski definition) is 1. The Morgan fingerprint density at radius 2 is 1.70 bits per heavy atom. The largest absolute Gasteiger partial charge is 0.323 e. The molecular weight excluding hydrogens is 319 g/mol. The monoisotopic (exact) mass is 328 g/mol. The van der Waals surface area contributed by atoms with Crippen LogP contribution in [0.25, 0.3) is 0 Å². The molecule has 0 unspecified atom stereocenters. The van der Waals surface area contributed by atoms with Gasteiger partial charge in [-0.2, -0.15) is 0 Å². The molecule has 0 aliphatic carbocycles. The van der Waals surface area contributed by atoms with Crippen LogP contribution in [0.2, 0.25) is 15.1 Å². The van der Waals surface area contributed by atoms with Crippen LogP contribution in [0, 0.1) is 6.92 Å². The lowest BCUT2D eigenvalue weighted by molar-refractivity contribution is 0.262. The SMILES string of the molecule is Cc1cc(Cl)ccc1NC(=O)Nc1ccc(Cl)c(Cl)c1. The normalized spacial score (nSPS) is 10.2. The number of halogens is 3. The Bertz CT molecular complexity index is 659. The summed E-state index contributed by atoms with van der Waals surface area (Å²) in [6.45, 7) is 1.86. The number of rotatable bonds is 2. The molecule has 2 aromatic rings. The van der Waals surface area contributed by atoms with E-state index in [1.165, 1.54) is 0 Å². The number of aryl methyl sites for hydroxylation is 1. The van der Waals surface area contributed by atoms with Gasteiger partial charge in [-0.1, -0.05) is 34.8 Å². The zero-order valence-electron chi connectivity index (χ0n) is 10.5. The molecule has 0 radical (unpaired) electrons. The summed E-state index contributed by atoms with van der Waals surface area (Å²) < 4.78 is 0. The van der Waals surface area contributed by atoms with Crippen LogP contribution in [0.15, 0.2) is 36.4 Å². The molecule has 0 aliphatic rings. The highest BCUT2D eigenvalue weighted by molar-refractivity contribution is 6.42. The molecule has 0 heterocycles. The van der Waals surface area contributed by atoms with Crippen molar-refractivity contribution in [2.45, 2.75) is 6.92 Å². The first kappa shape index (κ1) is 15.0. The van der Waals surface area contributed by atoms with Crippen molar-refractivity contribution in [1.82, 2.24) is 0 Å². The standard InChI is InChI=1S/C14H11Cl3N2O/c1-8-6-9(15)2-5-13(8)19-14(20)18-10-3-4-11(16)12(17)7-10/h2-7H,1H3,(H2,18,19,20). The summed E-state index contributed by atoms with van der Waals surface area (Å²) in [7, 11) is 0. The quantitative estimate of drug-likeness (QED) is 0.740. The first-order chi connectivity index (χ1) is 9.45. The van der Waals surface area contributed by atoms with E-state index in [-0.39, 0.29) is 6.03 Å². The van der Waals surface area contributed by atoms with E-state index in [0.717, 1.165) is 5.56 Å². The molecule has 0 spiro atoms. The van der Waals surface area contributed by atoms with Gasteiger partial charge in [-0.15, -0.1) is 0 Å². The third-order valence-electron chi connectivity index (χ3n) is 2.61. The van der Waals surface area contributed by atoms with Crippen LogP contribution in [0.4, 0.5) is 16.2 Å². The number of amides is 2. The molecule has 20 heavy (non-hydrogen) atoms. The lowest BCUT2D eigenvalue weighted by atomic mass is 10.2. The minimum absolute atomic E-state index is 0.367. The average Bonchev–Trinajstić information content (AvgIpc) is 2.37. The summed E-state index contributed by atoms with van der Waals surface area (Å²) in [5, 5.41) is 6.85. The molecule has 6 heteroatoms. The van der Waals surface area contributed by atoms with Crippen LogP contribution < -0.4 is 10.6 Å². The minimum atomic E-state index is -0.367. The smallest absolute Gasteiger partial charge is 0.308 e. The summed E-state index contributed by atoms with van der Waals surface area (Å²) in [6, 6.07) is 9.73. The number of nitrogens with one attached hydrogen (secondary N) is 2.